The second-order valence-electron chi connectivity index (χ2n) is 5.35. The monoisotopic (exact) mass is 369 g/mol. The number of rotatable bonds is 6. The zero-order valence-electron chi connectivity index (χ0n) is 13.2. The van der Waals surface area contributed by atoms with E-state index in [1.165, 1.54) is 0 Å². The summed E-state index contributed by atoms with van der Waals surface area (Å²) < 4.78 is 4.86. The van der Waals surface area contributed by atoms with Crippen molar-refractivity contribution in [2.45, 2.75) is 32.7 Å². The van der Waals surface area contributed by atoms with E-state index < -0.39 is 6.04 Å². The van der Waals surface area contributed by atoms with E-state index in [4.69, 9.17) is 27.7 Å². The summed E-state index contributed by atoms with van der Waals surface area (Å²) in [7, 11) is 0. The predicted octanol–water partition coefficient (Wildman–Crippen LogP) is 3.37. The highest BCUT2D eigenvalue weighted by molar-refractivity contribution is 6.42. The molecular weight excluding hydrogens is 353 g/mol. The molecule has 0 unspecified atom stereocenters. The number of carbonyl (C=O) groups is 2. The maximum absolute atomic E-state index is 12.0. The van der Waals surface area contributed by atoms with Crippen molar-refractivity contribution in [1.29, 1.82) is 0 Å². The van der Waals surface area contributed by atoms with Crippen molar-refractivity contribution >= 4 is 40.8 Å². The van der Waals surface area contributed by atoms with Gasteiger partial charge in [0, 0.05) is 12.5 Å². The summed E-state index contributed by atoms with van der Waals surface area (Å²) in [5.74, 6) is 0.296. The Hall–Kier alpha value is -2.05. The van der Waals surface area contributed by atoms with Crippen LogP contribution in [-0.4, -0.2) is 23.0 Å². The van der Waals surface area contributed by atoms with Crippen LogP contribution in [0.25, 0.3) is 0 Å². The van der Waals surface area contributed by atoms with Crippen molar-refractivity contribution in [2.75, 3.05) is 5.32 Å². The molecule has 2 aromatic rings. The minimum absolute atomic E-state index is 0.235. The molecule has 0 bridgehead atoms. The summed E-state index contributed by atoms with van der Waals surface area (Å²) in [5.41, 5.74) is 0.898. The topological polar surface area (TPSA) is 84.2 Å². The molecule has 2 rings (SSSR count). The van der Waals surface area contributed by atoms with E-state index in [0.29, 0.717) is 28.0 Å². The third-order valence-electron chi connectivity index (χ3n) is 3.27. The van der Waals surface area contributed by atoms with E-state index in [0.717, 1.165) is 5.56 Å². The summed E-state index contributed by atoms with van der Waals surface area (Å²) in [6.07, 6.45) is 0.734. The normalized spacial score (nSPS) is 11.8. The van der Waals surface area contributed by atoms with Crippen molar-refractivity contribution in [3.8, 4) is 0 Å². The summed E-state index contributed by atoms with van der Waals surface area (Å²) in [4.78, 5) is 23.9. The molecule has 2 N–H and O–H groups in total. The van der Waals surface area contributed by atoms with Crippen LogP contribution in [-0.2, 0) is 16.0 Å². The first kappa shape index (κ1) is 18.3. The molecule has 1 heterocycles. The molecule has 1 aromatic carbocycles. The van der Waals surface area contributed by atoms with E-state index in [2.05, 4.69) is 15.8 Å². The standard InChI is InChI=1S/C16H17Cl2N3O3/c1-9-7-14(21-24-9)20-16(23)10(2)19-15(22)6-4-11-3-5-12(17)13(18)8-11/h3,5,7-8,10H,4,6H2,1-2H3,(H,19,22)(H,20,21,23)/t10-/m0/s1. The summed E-state index contributed by atoms with van der Waals surface area (Å²) in [5, 5.41) is 9.78. The molecule has 0 aliphatic carbocycles. The largest absolute Gasteiger partial charge is 0.360 e. The van der Waals surface area contributed by atoms with Gasteiger partial charge in [-0.05, 0) is 38.0 Å². The third-order valence-corrected chi connectivity index (χ3v) is 4.01. The molecule has 2 amide bonds. The van der Waals surface area contributed by atoms with Gasteiger partial charge >= 0.3 is 0 Å². The molecule has 128 valence electrons. The molecule has 0 saturated carbocycles. The van der Waals surface area contributed by atoms with Crippen LogP contribution in [0.1, 0.15) is 24.7 Å². The smallest absolute Gasteiger partial charge is 0.247 e. The van der Waals surface area contributed by atoms with Crippen molar-refractivity contribution in [3.05, 3.63) is 45.6 Å². The van der Waals surface area contributed by atoms with E-state index in [1.807, 2.05) is 6.07 Å². The number of benzene rings is 1. The van der Waals surface area contributed by atoms with Crippen LogP contribution in [0.2, 0.25) is 10.0 Å². The second-order valence-corrected chi connectivity index (χ2v) is 6.16. The summed E-state index contributed by atoms with van der Waals surface area (Å²) in [6.45, 7) is 3.32. The number of aromatic nitrogens is 1. The molecule has 0 aliphatic rings. The molecule has 0 saturated heterocycles. The highest BCUT2D eigenvalue weighted by Crippen LogP contribution is 2.23. The molecule has 0 fully saturated rings. The average Bonchev–Trinajstić information content (AvgIpc) is 2.93. The first-order chi connectivity index (χ1) is 11.3. The van der Waals surface area contributed by atoms with Crippen molar-refractivity contribution in [3.63, 3.8) is 0 Å². The molecule has 0 radical (unpaired) electrons. The average molecular weight is 370 g/mol. The lowest BCUT2D eigenvalue weighted by molar-refractivity contribution is -0.126. The number of nitrogens with one attached hydrogen (secondary N) is 2. The quantitative estimate of drug-likeness (QED) is 0.817. The Labute approximate surface area is 149 Å². The Morgan fingerprint density at radius 2 is 2.00 bits per heavy atom. The number of halogens is 2. The van der Waals surface area contributed by atoms with Crippen LogP contribution < -0.4 is 10.6 Å². The molecule has 8 heteroatoms. The fourth-order valence-electron chi connectivity index (χ4n) is 1.99. The van der Waals surface area contributed by atoms with E-state index in [9.17, 15) is 9.59 Å². The Bertz CT molecular complexity index is 746. The lowest BCUT2D eigenvalue weighted by Gasteiger charge is -2.13. The Morgan fingerprint density at radius 3 is 2.62 bits per heavy atom. The van der Waals surface area contributed by atoms with E-state index in [1.54, 1.807) is 32.0 Å². The third kappa shape index (κ3) is 5.25. The van der Waals surface area contributed by atoms with E-state index >= 15 is 0 Å². The molecular formula is C16H17Cl2N3O3. The van der Waals surface area contributed by atoms with Crippen molar-refractivity contribution < 1.29 is 14.1 Å². The molecule has 0 aliphatic heterocycles. The number of amides is 2. The van der Waals surface area contributed by atoms with Crippen molar-refractivity contribution in [2.24, 2.45) is 0 Å². The summed E-state index contributed by atoms with van der Waals surface area (Å²) in [6, 6.07) is 6.12. The number of nitrogens with zero attached hydrogens (tertiary/aromatic N) is 1. The maximum atomic E-state index is 12.0. The van der Waals surface area contributed by atoms with Gasteiger partial charge in [0.2, 0.25) is 11.8 Å². The Morgan fingerprint density at radius 1 is 1.25 bits per heavy atom. The van der Waals surface area contributed by atoms with Gasteiger partial charge in [-0.3, -0.25) is 9.59 Å². The number of anilines is 1. The highest BCUT2D eigenvalue weighted by Gasteiger charge is 2.17. The van der Waals surface area contributed by atoms with Gasteiger partial charge in [0.05, 0.1) is 10.0 Å². The van der Waals surface area contributed by atoms with Gasteiger partial charge in [0.15, 0.2) is 5.82 Å². The Balaban J connectivity index is 1.80. The predicted molar refractivity (Wildman–Crippen MR) is 92.3 cm³/mol. The second kappa shape index (κ2) is 8.17. The van der Waals surface area contributed by atoms with Crippen LogP contribution in [0.15, 0.2) is 28.8 Å². The number of hydrogen-bond donors (Lipinski definition) is 2. The fraction of sp³-hybridized carbons (Fsp3) is 0.312. The van der Waals surface area contributed by atoms with Crippen LogP contribution in [0.5, 0.6) is 0 Å². The highest BCUT2D eigenvalue weighted by atomic mass is 35.5. The maximum Gasteiger partial charge on any atom is 0.247 e. The van der Waals surface area contributed by atoms with Gasteiger partial charge in [-0.1, -0.05) is 34.4 Å². The zero-order chi connectivity index (χ0) is 17.7. The number of carbonyl (C=O) groups excluding carboxylic acids is 2. The molecule has 0 spiro atoms. The Kier molecular flexibility index (Phi) is 6.23. The van der Waals surface area contributed by atoms with Gasteiger partial charge in [0.25, 0.3) is 0 Å². The van der Waals surface area contributed by atoms with Crippen molar-refractivity contribution in [1.82, 2.24) is 10.5 Å². The molecule has 1 atom stereocenters. The molecule has 1 aromatic heterocycles. The SMILES string of the molecule is Cc1cc(NC(=O)[C@H](C)NC(=O)CCc2ccc(Cl)c(Cl)c2)no1. The lowest BCUT2D eigenvalue weighted by atomic mass is 10.1. The van der Waals surface area contributed by atoms with Crippen LogP contribution in [0.4, 0.5) is 5.82 Å². The van der Waals surface area contributed by atoms with Gasteiger partial charge in [0.1, 0.15) is 11.8 Å². The first-order valence-electron chi connectivity index (χ1n) is 7.32. The van der Waals surface area contributed by atoms with Crippen LogP contribution in [0, 0.1) is 6.92 Å². The molecule has 6 nitrogen and oxygen atoms in total. The van der Waals surface area contributed by atoms with E-state index in [-0.39, 0.29) is 18.2 Å². The van der Waals surface area contributed by atoms with Crippen LogP contribution in [0.3, 0.4) is 0 Å². The summed E-state index contributed by atoms with van der Waals surface area (Å²) >= 11 is 11.8. The minimum atomic E-state index is -0.691. The van der Waals surface area contributed by atoms with Gasteiger partial charge in [-0.2, -0.15) is 0 Å². The first-order valence-corrected chi connectivity index (χ1v) is 8.08. The number of aryl methyl sites for hydroxylation is 2. The minimum Gasteiger partial charge on any atom is -0.360 e. The molecule has 24 heavy (non-hydrogen) atoms. The van der Waals surface area contributed by atoms with Crippen LogP contribution >= 0.6 is 23.2 Å². The van der Waals surface area contributed by atoms with Gasteiger partial charge in [-0.15, -0.1) is 0 Å². The number of hydrogen-bond acceptors (Lipinski definition) is 4. The zero-order valence-corrected chi connectivity index (χ0v) is 14.7. The fourth-order valence-corrected chi connectivity index (χ4v) is 2.31. The lowest BCUT2D eigenvalue weighted by Crippen LogP contribution is -2.41. The van der Waals surface area contributed by atoms with Gasteiger partial charge in [-0.25, -0.2) is 0 Å². The van der Waals surface area contributed by atoms with Gasteiger partial charge < -0.3 is 15.2 Å².